The van der Waals surface area contributed by atoms with Crippen molar-refractivity contribution in [1.82, 2.24) is 5.32 Å². The highest BCUT2D eigenvalue weighted by molar-refractivity contribution is 5.94. The first kappa shape index (κ1) is 14.0. The molecule has 0 bridgehead atoms. The third-order valence-corrected chi connectivity index (χ3v) is 3.06. The minimum absolute atomic E-state index is 0.109. The molecule has 0 aromatic heterocycles. The van der Waals surface area contributed by atoms with Crippen molar-refractivity contribution in [3.8, 4) is 0 Å². The van der Waals surface area contributed by atoms with Gasteiger partial charge in [0.1, 0.15) is 0 Å². The number of unbranched alkanes of at least 4 members (excludes halogenated alkanes) is 3. The molecule has 2 nitrogen and oxygen atoms in total. The molecule has 0 atom stereocenters. The Morgan fingerprint density at radius 1 is 1.29 bits per heavy atom. The second kappa shape index (κ2) is 8.10. The minimum atomic E-state index is 0.109. The second-order valence-corrected chi connectivity index (χ2v) is 5.18. The maximum absolute atomic E-state index is 11.6. The van der Waals surface area contributed by atoms with E-state index in [1.807, 2.05) is 18.2 Å². The third-order valence-electron chi connectivity index (χ3n) is 3.06. The van der Waals surface area contributed by atoms with Crippen LogP contribution in [0.3, 0.4) is 0 Å². The maximum atomic E-state index is 11.6. The molecule has 1 amide bonds. The minimum Gasteiger partial charge on any atom is -0.352 e. The maximum Gasteiger partial charge on any atom is 0.247 e. The van der Waals surface area contributed by atoms with Gasteiger partial charge < -0.3 is 5.32 Å². The summed E-state index contributed by atoms with van der Waals surface area (Å²) in [5, 5.41) is 2.98. The van der Waals surface area contributed by atoms with Crippen molar-refractivity contribution >= 4 is 5.91 Å². The van der Waals surface area contributed by atoms with Crippen LogP contribution in [0.4, 0.5) is 0 Å². The molecular weight excluding hydrogens is 210 g/mol. The summed E-state index contributed by atoms with van der Waals surface area (Å²) in [4.78, 5) is 11.6. The summed E-state index contributed by atoms with van der Waals surface area (Å²) < 4.78 is 0. The van der Waals surface area contributed by atoms with Crippen LogP contribution in [0.15, 0.2) is 23.8 Å². The van der Waals surface area contributed by atoms with Gasteiger partial charge in [0.15, 0.2) is 0 Å². The van der Waals surface area contributed by atoms with Gasteiger partial charge in [-0.1, -0.05) is 57.8 Å². The van der Waals surface area contributed by atoms with Crippen molar-refractivity contribution in [1.29, 1.82) is 0 Å². The average molecular weight is 235 g/mol. The summed E-state index contributed by atoms with van der Waals surface area (Å²) in [6.07, 6.45) is 12.9. The van der Waals surface area contributed by atoms with Crippen molar-refractivity contribution in [2.75, 3.05) is 6.54 Å². The molecule has 17 heavy (non-hydrogen) atoms. The van der Waals surface area contributed by atoms with E-state index in [1.54, 1.807) is 0 Å². The van der Waals surface area contributed by atoms with Gasteiger partial charge in [-0.25, -0.2) is 0 Å². The van der Waals surface area contributed by atoms with Gasteiger partial charge in [0.05, 0.1) is 0 Å². The molecule has 1 aliphatic carbocycles. The molecule has 1 rings (SSSR count). The molecular formula is C15H25NO. The SMILES string of the molecule is CC(C)CCCCCCNC(=O)C1=CC=CC1. The molecule has 0 aromatic rings. The second-order valence-electron chi connectivity index (χ2n) is 5.18. The summed E-state index contributed by atoms with van der Waals surface area (Å²) in [5.41, 5.74) is 0.893. The number of hydrogen-bond acceptors (Lipinski definition) is 1. The van der Waals surface area contributed by atoms with Crippen LogP contribution >= 0.6 is 0 Å². The third kappa shape index (κ3) is 6.30. The Labute approximate surface area is 105 Å². The van der Waals surface area contributed by atoms with Crippen LogP contribution in [0.5, 0.6) is 0 Å². The summed E-state index contributed by atoms with van der Waals surface area (Å²) in [5.74, 6) is 0.925. The van der Waals surface area contributed by atoms with Crippen molar-refractivity contribution in [2.45, 2.75) is 52.4 Å². The number of hydrogen-bond donors (Lipinski definition) is 1. The van der Waals surface area contributed by atoms with Crippen molar-refractivity contribution in [2.24, 2.45) is 5.92 Å². The number of allylic oxidation sites excluding steroid dienone is 3. The van der Waals surface area contributed by atoms with Crippen LogP contribution < -0.4 is 5.32 Å². The first-order chi connectivity index (χ1) is 8.20. The number of amides is 1. The Kier molecular flexibility index (Phi) is 6.68. The summed E-state index contributed by atoms with van der Waals surface area (Å²) in [6, 6.07) is 0. The standard InChI is InChI=1S/C15H25NO/c1-13(2)9-5-3-4-8-12-16-15(17)14-10-6-7-11-14/h6-7,10,13H,3-5,8-9,11-12H2,1-2H3,(H,16,17). The Morgan fingerprint density at radius 2 is 2.06 bits per heavy atom. The van der Waals surface area contributed by atoms with Gasteiger partial charge in [0.2, 0.25) is 5.91 Å². The molecule has 0 saturated carbocycles. The predicted octanol–water partition coefficient (Wildman–Crippen LogP) is 3.60. The van der Waals surface area contributed by atoms with Crippen LogP contribution in [0, 0.1) is 5.92 Å². The van der Waals surface area contributed by atoms with Gasteiger partial charge in [-0.3, -0.25) is 4.79 Å². The number of rotatable bonds is 8. The molecule has 96 valence electrons. The van der Waals surface area contributed by atoms with E-state index in [-0.39, 0.29) is 5.91 Å². The zero-order valence-corrected chi connectivity index (χ0v) is 11.2. The van der Waals surface area contributed by atoms with Crippen molar-refractivity contribution in [3.63, 3.8) is 0 Å². The van der Waals surface area contributed by atoms with E-state index in [4.69, 9.17) is 0 Å². The van der Waals surface area contributed by atoms with Gasteiger partial charge in [-0.2, -0.15) is 0 Å². The quantitative estimate of drug-likeness (QED) is 0.640. The number of carbonyl (C=O) groups excluding carboxylic acids is 1. The predicted molar refractivity (Wildman–Crippen MR) is 72.8 cm³/mol. The topological polar surface area (TPSA) is 29.1 Å². The Hall–Kier alpha value is -1.05. The molecule has 0 radical (unpaired) electrons. The molecule has 0 heterocycles. The molecule has 1 N–H and O–H groups in total. The number of carbonyl (C=O) groups is 1. The lowest BCUT2D eigenvalue weighted by molar-refractivity contribution is -0.117. The van der Waals surface area contributed by atoms with E-state index in [9.17, 15) is 4.79 Å². The lowest BCUT2D eigenvalue weighted by Crippen LogP contribution is -2.25. The Bertz CT molecular complexity index is 289. The van der Waals surface area contributed by atoms with E-state index in [2.05, 4.69) is 19.2 Å². The van der Waals surface area contributed by atoms with Gasteiger partial charge in [-0.15, -0.1) is 0 Å². The van der Waals surface area contributed by atoms with Gasteiger partial charge in [-0.05, 0) is 18.8 Å². The van der Waals surface area contributed by atoms with E-state index in [0.717, 1.165) is 30.9 Å². The molecule has 0 aliphatic heterocycles. The van der Waals surface area contributed by atoms with E-state index in [1.165, 1.54) is 25.7 Å². The van der Waals surface area contributed by atoms with Crippen LogP contribution in [0.2, 0.25) is 0 Å². The molecule has 2 heteroatoms. The molecule has 0 aromatic carbocycles. The lowest BCUT2D eigenvalue weighted by atomic mass is 10.0. The first-order valence-corrected chi connectivity index (χ1v) is 6.84. The highest BCUT2D eigenvalue weighted by Crippen LogP contribution is 2.11. The zero-order valence-electron chi connectivity index (χ0n) is 11.2. The van der Waals surface area contributed by atoms with E-state index >= 15 is 0 Å². The fourth-order valence-electron chi connectivity index (χ4n) is 1.96. The zero-order chi connectivity index (χ0) is 12.5. The van der Waals surface area contributed by atoms with Crippen LogP contribution in [0.25, 0.3) is 0 Å². The highest BCUT2D eigenvalue weighted by atomic mass is 16.1. The van der Waals surface area contributed by atoms with Crippen molar-refractivity contribution < 1.29 is 4.79 Å². The summed E-state index contributed by atoms with van der Waals surface area (Å²) in [6.45, 7) is 5.35. The van der Waals surface area contributed by atoms with E-state index < -0.39 is 0 Å². The average Bonchev–Trinajstić information content (AvgIpc) is 2.80. The van der Waals surface area contributed by atoms with Crippen molar-refractivity contribution in [3.05, 3.63) is 23.8 Å². The smallest absolute Gasteiger partial charge is 0.247 e. The van der Waals surface area contributed by atoms with E-state index in [0.29, 0.717) is 0 Å². The molecule has 0 fully saturated rings. The normalized spacial score (nSPS) is 14.2. The van der Waals surface area contributed by atoms with Gasteiger partial charge in [0, 0.05) is 12.1 Å². The highest BCUT2D eigenvalue weighted by Gasteiger charge is 2.08. The molecule has 0 spiro atoms. The summed E-state index contributed by atoms with van der Waals surface area (Å²) in [7, 11) is 0. The molecule has 1 aliphatic rings. The Morgan fingerprint density at radius 3 is 2.71 bits per heavy atom. The summed E-state index contributed by atoms with van der Waals surface area (Å²) >= 11 is 0. The fourth-order valence-corrected chi connectivity index (χ4v) is 1.96. The van der Waals surface area contributed by atoms with Gasteiger partial charge in [0.25, 0.3) is 0 Å². The van der Waals surface area contributed by atoms with Gasteiger partial charge >= 0.3 is 0 Å². The Balaban J connectivity index is 1.92. The fraction of sp³-hybridized carbons (Fsp3) is 0.667. The van der Waals surface area contributed by atoms with Crippen LogP contribution in [-0.4, -0.2) is 12.5 Å². The van der Waals surface area contributed by atoms with Crippen LogP contribution in [0.1, 0.15) is 52.4 Å². The van der Waals surface area contributed by atoms with Crippen LogP contribution in [-0.2, 0) is 4.79 Å². The molecule has 0 saturated heterocycles. The molecule has 0 unspecified atom stereocenters. The number of nitrogens with one attached hydrogen (secondary N) is 1. The lowest BCUT2D eigenvalue weighted by Gasteiger charge is -2.06. The monoisotopic (exact) mass is 235 g/mol. The first-order valence-electron chi connectivity index (χ1n) is 6.84. The largest absolute Gasteiger partial charge is 0.352 e.